The zero-order valence-electron chi connectivity index (χ0n) is 13.6. The second kappa shape index (κ2) is 5.91. The highest BCUT2D eigenvalue weighted by Gasteiger charge is 2.32. The Labute approximate surface area is 131 Å². The predicted molar refractivity (Wildman–Crippen MR) is 81.7 cm³/mol. The van der Waals surface area contributed by atoms with Gasteiger partial charge in [0.05, 0.1) is 18.9 Å². The van der Waals surface area contributed by atoms with Crippen LogP contribution in [0.15, 0.2) is 6.20 Å². The van der Waals surface area contributed by atoms with E-state index < -0.39 is 5.60 Å². The molecule has 1 unspecified atom stereocenters. The molecule has 1 aromatic rings. The number of likely N-dealkylation sites (tertiary alicyclic amines) is 1. The lowest BCUT2D eigenvalue weighted by atomic mass is 9.89. The van der Waals surface area contributed by atoms with Gasteiger partial charge >= 0.3 is 6.09 Å². The minimum Gasteiger partial charge on any atom is -0.444 e. The first-order valence-corrected chi connectivity index (χ1v) is 8.07. The molecule has 0 saturated carbocycles. The number of hydrogen-bond acceptors (Lipinski definition) is 4. The number of nitrogens with zero attached hydrogens (tertiary/aromatic N) is 2. The normalized spacial score (nSPS) is 23.2. The third-order valence-electron chi connectivity index (χ3n) is 4.30. The van der Waals surface area contributed by atoms with Gasteiger partial charge in [-0.05, 0) is 33.6 Å². The summed E-state index contributed by atoms with van der Waals surface area (Å²) in [6.07, 6.45) is 4.82. The van der Waals surface area contributed by atoms with Gasteiger partial charge in [0.25, 0.3) is 0 Å². The van der Waals surface area contributed by atoms with E-state index in [0.717, 1.165) is 39.0 Å². The molecule has 1 N–H and O–H groups in total. The highest BCUT2D eigenvalue weighted by Crippen LogP contribution is 2.37. The Morgan fingerprint density at radius 2 is 2.05 bits per heavy atom. The maximum atomic E-state index is 12.1. The van der Waals surface area contributed by atoms with Gasteiger partial charge in [-0.15, -0.1) is 0 Å². The van der Waals surface area contributed by atoms with Gasteiger partial charge in [0.1, 0.15) is 5.60 Å². The zero-order valence-corrected chi connectivity index (χ0v) is 13.6. The number of carbonyl (C=O) groups excluding carboxylic acids is 1. The van der Waals surface area contributed by atoms with Crippen LogP contribution in [0.25, 0.3) is 0 Å². The van der Waals surface area contributed by atoms with E-state index in [1.807, 2.05) is 27.0 Å². The molecular formula is C16H25N3O3. The van der Waals surface area contributed by atoms with Crippen LogP contribution in [0.4, 0.5) is 4.79 Å². The van der Waals surface area contributed by atoms with Crippen molar-refractivity contribution in [2.24, 2.45) is 0 Å². The number of aromatic amines is 1. The van der Waals surface area contributed by atoms with E-state index in [1.54, 1.807) is 4.90 Å². The highest BCUT2D eigenvalue weighted by molar-refractivity contribution is 5.68. The summed E-state index contributed by atoms with van der Waals surface area (Å²) < 4.78 is 11.0. The summed E-state index contributed by atoms with van der Waals surface area (Å²) in [6.45, 7) is 7.98. The van der Waals surface area contributed by atoms with Gasteiger partial charge < -0.3 is 14.4 Å². The first-order valence-electron chi connectivity index (χ1n) is 8.07. The fourth-order valence-electron chi connectivity index (χ4n) is 3.05. The van der Waals surface area contributed by atoms with Gasteiger partial charge in [-0.2, -0.15) is 5.10 Å². The summed E-state index contributed by atoms with van der Waals surface area (Å²) in [7, 11) is 0. The van der Waals surface area contributed by atoms with Gasteiger partial charge in [0.15, 0.2) is 0 Å². The van der Waals surface area contributed by atoms with Crippen LogP contribution in [0.5, 0.6) is 0 Å². The second-order valence-electron chi connectivity index (χ2n) is 7.13. The molecule has 2 fully saturated rings. The topological polar surface area (TPSA) is 67.5 Å². The van der Waals surface area contributed by atoms with Crippen molar-refractivity contribution in [3.8, 4) is 0 Å². The summed E-state index contributed by atoms with van der Waals surface area (Å²) in [5.41, 5.74) is 1.95. The smallest absolute Gasteiger partial charge is 0.410 e. The maximum Gasteiger partial charge on any atom is 0.410 e. The molecule has 0 aliphatic carbocycles. The number of ether oxygens (including phenoxy) is 2. The number of aromatic nitrogens is 2. The number of piperidine rings is 1. The number of rotatable bonds is 2. The Kier molecular flexibility index (Phi) is 4.12. The SMILES string of the molecule is CC(C)(C)OC(=O)N1CCC(c2[nH]ncc2C2CCO2)CC1. The Morgan fingerprint density at radius 3 is 2.59 bits per heavy atom. The summed E-state index contributed by atoms with van der Waals surface area (Å²) in [6, 6.07) is 0. The minimum atomic E-state index is -0.438. The molecule has 0 bridgehead atoms. The number of hydrogen-bond donors (Lipinski definition) is 1. The van der Waals surface area contributed by atoms with Crippen LogP contribution in [-0.2, 0) is 9.47 Å². The summed E-state index contributed by atoms with van der Waals surface area (Å²) >= 11 is 0. The third-order valence-corrected chi connectivity index (χ3v) is 4.30. The fraction of sp³-hybridized carbons (Fsp3) is 0.750. The molecule has 2 saturated heterocycles. The summed E-state index contributed by atoms with van der Waals surface area (Å²) in [5.74, 6) is 0.417. The highest BCUT2D eigenvalue weighted by atomic mass is 16.6. The van der Waals surface area contributed by atoms with E-state index in [-0.39, 0.29) is 12.2 Å². The van der Waals surface area contributed by atoms with E-state index in [1.165, 1.54) is 11.3 Å². The van der Waals surface area contributed by atoms with Gasteiger partial charge in [-0.25, -0.2) is 4.79 Å². The molecule has 1 aromatic heterocycles. The molecule has 2 aliphatic heterocycles. The maximum absolute atomic E-state index is 12.1. The van der Waals surface area contributed by atoms with Crippen molar-refractivity contribution in [3.63, 3.8) is 0 Å². The number of carbonyl (C=O) groups is 1. The largest absolute Gasteiger partial charge is 0.444 e. The Balaban J connectivity index is 1.58. The van der Waals surface area contributed by atoms with Crippen molar-refractivity contribution in [2.45, 2.75) is 57.7 Å². The molecule has 1 atom stereocenters. The first kappa shape index (κ1) is 15.3. The minimum absolute atomic E-state index is 0.206. The van der Waals surface area contributed by atoms with E-state index in [4.69, 9.17) is 9.47 Å². The molecule has 1 amide bonds. The first-order chi connectivity index (χ1) is 10.4. The summed E-state index contributed by atoms with van der Waals surface area (Å²) in [4.78, 5) is 13.9. The van der Waals surface area contributed by atoms with Crippen LogP contribution in [0, 0.1) is 0 Å². The number of nitrogens with one attached hydrogen (secondary N) is 1. The molecule has 122 valence electrons. The van der Waals surface area contributed by atoms with Gasteiger partial charge in [0, 0.05) is 36.7 Å². The Hall–Kier alpha value is -1.56. The van der Waals surface area contributed by atoms with E-state index in [2.05, 4.69) is 10.2 Å². The molecule has 2 aliphatic rings. The molecule has 6 nitrogen and oxygen atoms in total. The number of amides is 1. The van der Waals surface area contributed by atoms with E-state index in [9.17, 15) is 4.79 Å². The van der Waals surface area contributed by atoms with Crippen LogP contribution < -0.4 is 0 Å². The average molecular weight is 307 g/mol. The van der Waals surface area contributed by atoms with Crippen molar-refractivity contribution in [3.05, 3.63) is 17.5 Å². The van der Waals surface area contributed by atoms with Crippen LogP contribution >= 0.6 is 0 Å². The zero-order chi connectivity index (χ0) is 15.7. The van der Waals surface area contributed by atoms with Crippen molar-refractivity contribution in [2.75, 3.05) is 19.7 Å². The Bertz CT molecular complexity index is 523. The molecule has 0 spiro atoms. The van der Waals surface area contributed by atoms with Gasteiger partial charge in [0.2, 0.25) is 0 Å². The van der Waals surface area contributed by atoms with Crippen LogP contribution in [0.1, 0.15) is 63.3 Å². The van der Waals surface area contributed by atoms with Crippen molar-refractivity contribution in [1.29, 1.82) is 0 Å². The molecule has 6 heteroatoms. The molecular weight excluding hydrogens is 282 g/mol. The fourth-order valence-corrected chi connectivity index (χ4v) is 3.05. The quantitative estimate of drug-likeness (QED) is 0.912. The lowest BCUT2D eigenvalue weighted by Gasteiger charge is -2.34. The van der Waals surface area contributed by atoms with Gasteiger partial charge in [-0.1, -0.05) is 0 Å². The Morgan fingerprint density at radius 1 is 1.36 bits per heavy atom. The lowest BCUT2D eigenvalue weighted by Crippen LogP contribution is -2.41. The van der Waals surface area contributed by atoms with Crippen molar-refractivity contribution >= 4 is 6.09 Å². The monoisotopic (exact) mass is 307 g/mol. The molecule has 22 heavy (non-hydrogen) atoms. The van der Waals surface area contributed by atoms with E-state index >= 15 is 0 Å². The predicted octanol–water partition coefficient (Wildman–Crippen LogP) is 2.99. The van der Waals surface area contributed by atoms with Gasteiger partial charge in [-0.3, -0.25) is 5.10 Å². The van der Waals surface area contributed by atoms with Crippen LogP contribution in [0.2, 0.25) is 0 Å². The third kappa shape index (κ3) is 3.27. The second-order valence-corrected chi connectivity index (χ2v) is 7.13. The van der Waals surface area contributed by atoms with Crippen LogP contribution in [0.3, 0.4) is 0 Å². The number of H-pyrrole nitrogens is 1. The standard InChI is InChI=1S/C16H25N3O3/c1-16(2,3)22-15(20)19-7-4-11(5-8-19)14-12(10-17-18-14)13-6-9-21-13/h10-11,13H,4-9H2,1-3H3,(H,17,18). The summed E-state index contributed by atoms with van der Waals surface area (Å²) in [5, 5.41) is 7.33. The van der Waals surface area contributed by atoms with Crippen LogP contribution in [-0.4, -0.2) is 46.5 Å². The van der Waals surface area contributed by atoms with Crippen molar-refractivity contribution < 1.29 is 14.3 Å². The molecule has 3 rings (SSSR count). The molecule has 3 heterocycles. The average Bonchev–Trinajstić information content (AvgIpc) is 2.84. The molecule has 0 aromatic carbocycles. The van der Waals surface area contributed by atoms with E-state index in [0.29, 0.717) is 5.92 Å². The van der Waals surface area contributed by atoms with Crippen molar-refractivity contribution in [1.82, 2.24) is 15.1 Å². The molecule has 0 radical (unpaired) electrons. The lowest BCUT2D eigenvalue weighted by molar-refractivity contribution is -0.0535.